The number of ketones is 1. The van der Waals surface area contributed by atoms with Crippen molar-refractivity contribution in [3.05, 3.63) is 34.9 Å². The highest BCUT2D eigenvalue weighted by molar-refractivity contribution is 5.96. The van der Waals surface area contributed by atoms with Gasteiger partial charge in [0.1, 0.15) is 11.6 Å². The molecule has 0 radical (unpaired) electrons. The summed E-state index contributed by atoms with van der Waals surface area (Å²) < 4.78 is 26.6. The van der Waals surface area contributed by atoms with Crippen LogP contribution in [-0.4, -0.2) is 11.8 Å². The monoisotopic (exact) mass is 227 g/mol. The lowest BCUT2D eigenvalue weighted by Gasteiger charge is -2.09. The van der Waals surface area contributed by atoms with Crippen LogP contribution in [0, 0.1) is 18.6 Å². The number of nitrogens with two attached hydrogens (primary N) is 1. The van der Waals surface area contributed by atoms with Crippen LogP contribution in [0.1, 0.15) is 35.7 Å². The number of carbonyl (C=O) groups excluding carboxylic acids is 1. The molecule has 16 heavy (non-hydrogen) atoms. The van der Waals surface area contributed by atoms with Gasteiger partial charge in [0.25, 0.3) is 0 Å². The van der Waals surface area contributed by atoms with Crippen LogP contribution in [0.2, 0.25) is 0 Å². The molecule has 1 rings (SSSR count). The lowest BCUT2D eigenvalue weighted by Crippen LogP contribution is -2.23. The summed E-state index contributed by atoms with van der Waals surface area (Å²) in [5, 5.41) is 0. The summed E-state index contributed by atoms with van der Waals surface area (Å²) in [4.78, 5) is 11.6. The van der Waals surface area contributed by atoms with E-state index < -0.39 is 17.4 Å². The molecule has 1 aromatic carbocycles. The Morgan fingerprint density at radius 1 is 1.38 bits per heavy atom. The number of hydrogen-bond donors (Lipinski definition) is 1. The van der Waals surface area contributed by atoms with E-state index in [1.54, 1.807) is 0 Å². The molecule has 2 nitrogen and oxygen atoms in total. The van der Waals surface area contributed by atoms with Crippen LogP contribution in [0.25, 0.3) is 0 Å². The second-order valence-electron chi connectivity index (χ2n) is 3.88. The third kappa shape index (κ3) is 2.85. The molecule has 1 unspecified atom stereocenters. The van der Waals surface area contributed by atoms with Crippen molar-refractivity contribution >= 4 is 5.78 Å². The van der Waals surface area contributed by atoms with Gasteiger partial charge in [0.05, 0.1) is 5.56 Å². The summed E-state index contributed by atoms with van der Waals surface area (Å²) in [7, 11) is 0. The quantitative estimate of drug-likeness (QED) is 0.803. The van der Waals surface area contributed by atoms with Crippen LogP contribution >= 0.6 is 0 Å². The van der Waals surface area contributed by atoms with Crippen molar-refractivity contribution in [3.63, 3.8) is 0 Å². The predicted molar refractivity (Wildman–Crippen MR) is 58.3 cm³/mol. The van der Waals surface area contributed by atoms with Crippen LogP contribution < -0.4 is 5.73 Å². The van der Waals surface area contributed by atoms with E-state index in [9.17, 15) is 13.6 Å². The molecule has 0 aliphatic heterocycles. The topological polar surface area (TPSA) is 43.1 Å². The number of rotatable bonds is 4. The number of Topliss-reactive ketones (excluding diaryl/α,β-unsaturated/α-hetero) is 1. The minimum atomic E-state index is -0.688. The molecule has 1 aromatic rings. The van der Waals surface area contributed by atoms with Gasteiger partial charge < -0.3 is 5.73 Å². The van der Waals surface area contributed by atoms with E-state index in [0.717, 1.165) is 12.1 Å². The Kier molecular flexibility index (Phi) is 4.12. The average molecular weight is 227 g/mol. The number of aryl methyl sites for hydroxylation is 1. The maximum Gasteiger partial charge on any atom is 0.167 e. The van der Waals surface area contributed by atoms with Crippen LogP contribution in [0.3, 0.4) is 0 Å². The van der Waals surface area contributed by atoms with Crippen molar-refractivity contribution in [2.24, 2.45) is 5.73 Å². The SMILES string of the molecule is CCC(N)CC(=O)c1cc(F)c(C)cc1F. The predicted octanol–water partition coefficient (Wildman–Crippen LogP) is 2.58. The molecule has 0 aromatic heterocycles. The van der Waals surface area contributed by atoms with Crippen molar-refractivity contribution in [1.29, 1.82) is 0 Å². The molecule has 0 aliphatic rings. The molecular formula is C12H15F2NO. The van der Waals surface area contributed by atoms with Gasteiger partial charge in [0.15, 0.2) is 5.78 Å². The second kappa shape index (κ2) is 5.16. The molecular weight excluding hydrogens is 212 g/mol. The van der Waals surface area contributed by atoms with Crippen LogP contribution in [-0.2, 0) is 0 Å². The molecule has 0 bridgehead atoms. The van der Waals surface area contributed by atoms with Gasteiger partial charge in [-0.15, -0.1) is 0 Å². The minimum absolute atomic E-state index is 0.0376. The molecule has 0 heterocycles. The molecule has 0 spiro atoms. The van der Waals surface area contributed by atoms with Gasteiger partial charge in [-0.05, 0) is 31.0 Å². The van der Waals surface area contributed by atoms with E-state index in [2.05, 4.69) is 0 Å². The van der Waals surface area contributed by atoms with Gasteiger partial charge >= 0.3 is 0 Å². The van der Waals surface area contributed by atoms with E-state index in [1.165, 1.54) is 6.92 Å². The van der Waals surface area contributed by atoms with E-state index in [1.807, 2.05) is 6.92 Å². The fraction of sp³-hybridized carbons (Fsp3) is 0.417. The molecule has 0 saturated carbocycles. The third-order valence-corrected chi connectivity index (χ3v) is 2.52. The highest BCUT2D eigenvalue weighted by atomic mass is 19.1. The molecule has 1 atom stereocenters. The molecule has 0 saturated heterocycles. The van der Waals surface area contributed by atoms with Crippen molar-refractivity contribution in [2.45, 2.75) is 32.7 Å². The Labute approximate surface area is 93.5 Å². The first-order chi connectivity index (χ1) is 7.45. The first-order valence-corrected chi connectivity index (χ1v) is 5.20. The van der Waals surface area contributed by atoms with E-state index >= 15 is 0 Å². The van der Waals surface area contributed by atoms with Crippen molar-refractivity contribution in [2.75, 3.05) is 0 Å². The van der Waals surface area contributed by atoms with Gasteiger partial charge in [-0.3, -0.25) is 4.79 Å². The van der Waals surface area contributed by atoms with Crippen LogP contribution in [0.5, 0.6) is 0 Å². The maximum atomic E-state index is 13.4. The maximum absolute atomic E-state index is 13.4. The van der Waals surface area contributed by atoms with Gasteiger partial charge in [-0.1, -0.05) is 6.92 Å². The zero-order chi connectivity index (χ0) is 12.3. The number of benzene rings is 1. The molecule has 88 valence electrons. The summed E-state index contributed by atoms with van der Waals surface area (Å²) in [6, 6.07) is 1.66. The first kappa shape index (κ1) is 12.8. The van der Waals surface area contributed by atoms with Gasteiger partial charge in [-0.2, -0.15) is 0 Å². The zero-order valence-corrected chi connectivity index (χ0v) is 9.39. The standard InChI is InChI=1S/C12H15F2NO/c1-3-8(15)5-12(16)9-6-10(13)7(2)4-11(9)14/h4,6,8H,3,5,15H2,1-2H3. The first-order valence-electron chi connectivity index (χ1n) is 5.20. The van der Waals surface area contributed by atoms with Crippen molar-refractivity contribution in [1.82, 2.24) is 0 Å². The lowest BCUT2D eigenvalue weighted by molar-refractivity contribution is 0.0969. The Balaban J connectivity index is 2.96. The largest absolute Gasteiger partial charge is 0.327 e. The van der Waals surface area contributed by atoms with Crippen LogP contribution in [0.15, 0.2) is 12.1 Å². The van der Waals surface area contributed by atoms with Gasteiger partial charge in [0.2, 0.25) is 0 Å². The van der Waals surface area contributed by atoms with Crippen molar-refractivity contribution in [3.8, 4) is 0 Å². The molecule has 0 amide bonds. The Morgan fingerprint density at radius 2 is 2.00 bits per heavy atom. The Bertz CT molecular complexity index is 404. The highest BCUT2D eigenvalue weighted by Crippen LogP contribution is 2.16. The number of carbonyl (C=O) groups is 1. The molecule has 0 fully saturated rings. The normalized spacial score (nSPS) is 12.6. The summed E-state index contributed by atoms with van der Waals surface area (Å²) in [5.74, 6) is -1.72. The van der Waals surface area contributed by atoms with E-state index in [4.69, 9.17) is 5.73 Å². The smallest absolute Gasteiger partial charge is 0.167 e. The lowest BCUT2D eigenvalue weighted by atomic mass is 10.0. The summed E-state index contributed by atoms with van der Waals surface area (Å²) in [5.41, 5.74) is 5.57. The summed E-state index contributed by atoms with van der Waals surface area (Å²) in [6.45, 7) is 3.29. The van der Waals surface area contributed by atoms with E-state index in [0.29, 0.717) is 6.42 Å². The van der Waals surface area contributed by atoms with Crippen LogP contribution in [0.4, 0.5) is 8.78 Å². The fourth-order valence-corrected chi connectivity index (χ4v) is 1.35. The highest BCUT2D eigenvalue weighted by Gasteiger charge is 2.16. The summed E-state index contributed by atoms with van der Waals surface area (Å²) >= 11 is 0. The molecule has 4 heteroatoms. The summed E-state index contributed by atoms with van der Waals surface area (Å²) in [6.07, 6.45) is 0.664. The Morgan fingerprint density at radius 3 is 2.56 bits per heavy atom. The zero-order valence-electron chi connectivity index (χ0n) is 9.39. The average Bonchev–Trinajstić information content (AvgIpc) is 2.23. The van der Waals surface area contributed by atoms with Crippen molar-refractivity contribution < 1.29 is 13.6 Å². The van der Waals surface area contributed by atoms with Gasteiger partial charge in [0, 0.05) is 12.5 Å². The van der Waals surface area contributed by atoms with Gasteiger partial charge in [-0.25, -0.2) is 8.78 Å². The second-order valence-corrected chi connectivity index (χ2v) is 3.88. The minimum Gasteiger partial charge on any atom is -0.327 e. The molecule has 0 aliphatic carbocycles. The third-order valence-electron chi connectivity index (χ3n) is 2.52. The number of halogens is 2. The number of hydrogen-bond acceptors (Lipinski definition) is 2. The Hall–Kier alpha value is -1.29. The fourth-order valence-electron chi connectivity index (χ4n) is 1.35. The molecule has 2 N–H and O–H groups in total. The van der Waals surface area contributed by atoms with E-state index in [-0.39, 0.29) is 23.6 Å².